The van der Waals surface area contributed by atoms with Crippen LogP contribution in [0, 0.1) is 0 Å². The number of hydrogen-bond donors (Lipinski definition) is 1. The molecule has 166 valence electrons. The minimum absolute atomic E-state index is 0.0878. The molecule has 0 radical (unpaired) electrons. The van der Waals surface area contributed by atoms with Gasteiger partial charge in [0.05, 0.1) is 13.7 Å². The van der Waals surface area contributed by atoms with Crippen LogP contribution in [0.15, 0.2) is 73.1 Å². The number of rotatable bonds is 7. The van der Waals surface area contributed by atoms with E-state index in [0.29, 0.717) is 19.6 Å². The predicted octanol–water partition coefficient (Wildman–Crippen LogP) is 3.32. The highest BCUT2D eigenvalue weighted by atomic mass is 16.5. The molecule has 2 heterocycles. The van der Waals surface area contributed by atoms with Gasteiger partial charge in [-0.05, 0) is 46.5 Å². The molecule has 0 aliphatic carbocycles. The molecule has 1 fully saturated rings. The molecule has 1 saturated heterocycles. The molecule has 6 nitrogen and oxygen atoms in total. The summed E-state index contributed by atoms with van der Waals surface area (Å²) in [7, 11) is 3.33. The molecule has 1 amide bonds. The van der Waals surface area contributed by atoms with Gasteiger partial charge < -0.3 is 14.8 Å². The van der Waals surface area contributed by atoms with Gasteiger partial charge in [0.15, 0.2) is 5.60 Å². The van der Waals surface area contributed by atoms with Crippen LogP contribution in [0.25, 0.3) is 11.1 Å². The van der Waals surface area contributed by atoms with E-state index in [-0.39, 0.29) is 5.91 Å². The summed E-state index contributed by atoms with van der Waals surface area (Å²) in [6.07, 6.45) is 4.09. The van der Waals surface area contributed by atoms with Gasteiger partial charge in [0.2, 0.25) is 0 Å². The SMILES string of the molecule is CNC(=O)[C@]1(Cc2ccc(-c3ccncc3)cc2)CN(Cc2ccc(OC)cc2)CCO1. The van der Waals surface area contributed by atoms with E-state index in [2.05, 4.69) is 51.6 Å². The summed E-state index contributed by atoms with van der Waals surface area (Å²) >= 11 is 0. The van der Waals surface area contributed by atoms with E-state index in [1.165, 1.54) is 5.56 Å². The Morgan fingerprint density at radius 2 is 1.69 bits per heavy atom. The number of pyridine rings is 1. The van der Waals surface area contributed by atoms with Crippen LogP contribution in [0.2, 0.25) is 0 Å². The average molecular weight is 432 g/mol. The van der Waals surface area contributed by atoms with Gasteiger partial charge in [-0.25, -0.2) is 0 Å². The number of nitrogens with zero attached hydrogens (tertiary/aromatic N) is 2. The molecule has 6 heteroatoms. The lowest BCUT2D eigenvalue weighted by Gasteiger charge is -2.41. The monoisotopic (exact) mass is 431 g/mol. The van der Waals surface area contributed by atoms with Gasteiger partial charge in [-0.1, -0.05) is 36.4 Å². The number of nitrogens with one attached hydrogen (secondary N) is 1. The lowest BCUT2D eigenvalue weighted by molar-refractivity contribution is -0.160. The fourth-order valence-corrected chi connectivity index (χ4v) is 4.22. The summed E-state index contributed by atoms with van der Waals surface area (Å²) in [6.45, 7) is 2.59. The lowest BCUT2D eigenvalue weighted by atomic mass is 9.90. The van der Waals surface area contributed by atoms with Gasteiger partial charge in [-0.15, -0.1) is 0 Å². The molecule has 1 aliphatic rings. The van der Waals surface area contributed by atoms with Crippen molar-refractivity contribution in [3.63, 3.8) is 0 Å². The van der Waals surface area contributed by atoms with Crippen molar-refractivity contribution in [2.24, 2.45) is 0 Å². The molecule has 1 aliphatic heterocycles. The smallest absolute Gasteiger partial charge is 0.253 e. The zero-order valence-corrected chi connectivity index (χ0v) is 18.6. The van der Waals surface area contributed by atoms with Gasteiger partial charge in [-0.3, -0.25) is 14.7 Å². The first-order valence-electron chi connectivity index (χ1n) is 10.8. The number of amides is 1. The largest absolute Gasteiger partial charge is 0.497 e. The Morgan fingerprint density at radius 3 is 2.34 bits per heavy atom. The van der Waals surface area contributed by atoms with Crippen LogP contribution in [-0.4, -0.2) is 55.2 Å². The van der Waals surface area contributed by atoms with Crippen molar-refractivity contribution in [1.82, 2.24) is 15.2 Å². The number of morpholine rings is 1. The highest BCUT2D eigenvalue weighted by Gasteiger charge is 2.43. The molecular formula is C26H29N3O3. The molecule has 0 bridgehead atoms. The van der Waals surface area contributed by atoms with E-state index in [9.17, 15) is 4.79 Å². The highest BCUT2D eigenvalue weighted by Crippen LogP contribution is 2.27. The Morgan fingerprint density at radius 1 is 1.03 bits per heavy atom. The minimum Gasteiger partial charge on any atom is -0.497 e. The Hall–Kier alpha value is -3.22. The number of hydrogen-bond acceptors (Lipinski definition) is 5. The molecule has 0 saturated carbocycles. The standard InChI is InChI=1S/C26H29N3O3/c1-27-25(30)26(17-20-3-7-22(8-4-20)23-11-13-28-14-12-23)19-29(15-16-32-26)18-21-5-9-24(31-2)10-6-21/h3-14H,15-19H2,1-2H3,(H,27,30)/t26-/m0/s1. The van der Waals surface area contributed by atoms with Gasteiger partial charge in [0.25, 0.3) is 5.91 Å². The molecule has 1 N–H and O–H groups in total. The fraction of sp³-hybridized carbons (Fsp3) is 0.308. The maximum absolute atomic E-state index is 13.0. The number of carbonyl (C=O) groups excluding carboxylic acids is 1. The second-order valence-corrected chi connectivity index (χ2v) is 8.09. The van der Waals surface area contributed by atoms with Crippen LogP contribution < -0.4 is 10.1 Å². The molecule has 0 unspecified atom stereocenters. The van der Waals surface area contributed by atoms with E-state index in [0.717, 1.165) is 35.5 Å². The van der Waals surface area contributed by atoms with E-state index >= 15 is 0 Å². The van der Waals surface area contributed by atoms with Crippen LogP contribution in [0.5, 0.6) is 5.75 Å². The summed E-state index contributed by atoms with van der Waals surface area (Å²) in [5, 5.41) is 2.82. The Kier molecular flexibility index (Phi) is 6.83. The Bertz CT molecular complexity index is 1020. The van der Waals surface area contributed by atoms with Crippen molar-refractivity contribution in [3.05, 3.63) is 84.2 Å². The normalized spacial score (nSPS) is 18.8. The molecule has 3 aromatic rings. The van der Waals surface area contributed by atoms with Gasteiger partial charge in [0.1, 0.15) is 5.75 Å². The second-order valence-electron chi connectivity index (χ2n) is 8.09. The van der Waals surface area contributed by atoms with Crippen LogP contribution >= 0.6 is 0 Å². The molecule has 2 aromatic carbocycles. The average Bonchev–Trinajstić information content (AvgIpc) is 2.85. The number of aromatic nitrogens is 1. The minimum atomic E-state index is -0.919. The van der Waals surface area contributed by atoms with Crippen molar-refractivity contribution in [3.8, 4) is 16.9 Å². The van der Waals surface area contributed by atoms with E-state index in [1.807, 2.05) is 24.3 Å². The summed E-state index contributed by atoms with van der Waals surface area (Å²) in [5.41, 5.74) is 3.57. The third-order valence-electron chi connectivity index (χ3n) is 5.93. The summed E-state index contributed by atoms with van der Waals surface area (Å²) in [4.78, 5) is 19.3. The molecule has 32 heavy (non-hydrogen) atoms. The maximum atomic E-state index is 13.0. The number of ether oxygens (including phenoxy) is 2. The van der Waals surface area contributed by atoms with Crippen molar-refractivity contribution in [2.45, 2.75) is 18.6 Å². The molecule has 0 spiro atoms. The van der Waals surface area contributed by atoms with E-state index < -0.39 is 5.60 Å². The zero-order valence-electron chi connectivity index (χ0n) is 18.6. The second kappa shape index (κ2) is 9.94. The lowest BCUT2D eigenvalue weighted by Crippen LogP contribution is -2.60. The Labute approximate surface area is 189 Å². The van der Waals surface area contributed by atoms with Gasteiger partial charge >= 0.3 is 0 Å². The summed E-state index contributed by atoms with van der Waals surface area (Å²) in [6, 6.07) is 20.4. The molecule has 1 aromatic heterocycles. The van der Waals surface area contributed by atoms with Gasteiger partial charge in [-0.2, -0.15) is 0 Å². The van der Waals surface area contributed by atoms with Crippen molar-refractivity contribution >= 4 is 5.91 Å². The zero-order chi connectivity index (χ0) is 22.4. The maximum Gasteiger partial charge on any atom is 0.253 e. The molecule has 1 atom stereocenters. The Balaban J connectivity index is 1.50. The van der Waals surface area contributed by atoms with Crippen LogP contribution in [0.1, 0.15) is 11.1 Å². The van der Waals surface area contributed by atoms with E-state index in [4.69, 9.17) is 9.47 Å². The van der Waals surface area contributed by atoms with Crippen molar-refractivity contribution in [1.29, 1.82) is 0 Å². The van der Waals surface area contributed by atoms with Crippen LogP contribution in [0.3, 0.4) is 0 Å². The summed E-state index contributed by atoms with van der Waals surface area (Å²) < 4.78 is 11.4. The molecule has 4 rings (SSSR count). The summed E-state index contributed by atoms with van der Waals surface area (Å²) in [5.74, 6) is 0.751. The predicted molar refractivity (Wildman–Crippen MR) is 124 cm³/mol. The number of methoxy groups -OCH3 is 1. The third kappa shape index (κ3) is 4.98. The van der Waals surface area contributed by atoms with Crippen molar-refractivity contribution < 1.29 is 14.3 Å². The first-order valence-corrected chi connectivity index (χ1v) is 10.8. The van der Waals surface area contributed by atoms with E-state index in [1.54, 1.807) is 26.6 Å². The number of benzene rings is 2. The van der Waals surface area contributed by atoms with Crippen LogP contribution in [-0.2, 0) is 22.5 Å². The first-order chi connectivity index (χ1) is 15.6. The van der Waals surface area contributed by atoms with Crippen molar-refractivity contribution in [2.75, 3.05) is 33.9 Å². The number of likely N-dealkylation sites (N-methyl/N-ethyl adjacent to an activating group) is 1. The fourth-order valence-electron chi connectivity index (χ4n) is 4.22. The molecular weight excluding hydrogens is 402 g/mol. The topological polar surface area (TPSA) is 63.7 Å². The highest BCUT2D eigenvalue weighted by molar-refractivity contribution is 5.86. The quantitative estimate of drug-likeness (QED) is 0.622. The van der Waals surface area contributed by atoms with Gasteiger partial charge in [0, 0.05) is 45.5 Å². The first kappa shape index (κ1) is 22.0. The van der Waals surface area contributed by atoms with Crippen LogP contribution in [0.4, 0.5) is 0 Å². The number of carbonyl (C=O) groups is 1. The third-order valence-corrected chi connectivity index (χ3v) is 5.93.